The molecule has 0 spiro atoms. The van der Waals surface area contributed by atoms with E-state index in [2.05, 4.69) is 16.4 Å². The molecule has 4 nitrogen and oxygen atoms in total. The van der Waals surface area contributed by atoms with E-state index in [9.17, 15) is 4.79 Å². The minimum Gasteiger partial charge on any atom is -0.369 e. The highest BCUT2D eigenvalue weighted by Gasteiger charge is 2.08. The minimum atomic E-state index is -0.167. The molecule has 1 amide bonds. The van der Waals surface area contributed by atoms with Crippen molar-refractivity contribution in [1.29, 1.82) is 0 Å². The van der Waals surface area contributed by atoms with Gasteiger partial charge in [-0.05, 0) is 38.5 Å². The summed E-state index contributed by atoms with van der Waals surface area (Å²) >= 11 is 1.48. The molecule has 18 heavy (non-hydrogen) atoms. The molecule has 0 saturated heterocycles. The molecular weight excluding hydrogens is 248 g/mol. The summed E-state index contributed by atoms with van der Waals surface area (Å²) in [5.74, 6) is -0.167. The van der Waals surface area contributed by atoms with Gasteiger partial charge in [-0.25, -0.2) is 4.98 Å². The molecule has 2 rings (SSSR count). The van der Waals surface area contributed by atoms with Gasteiger partial charge in [0.1, 0.15) is 6.61 Å². The molecule has 0 saturated carbocycles. The molecule has 0 atom stereocenters. The number of hydrogen-bond acceptors (Lipinski definition) is 4. The van der Waals surface area contributed by atoms with E-state index in [1.807, 2.05) is 32.9 Å². The minimum absolute atomic E-state index is 0.0498. The zero-order valence-corrected chi connectivity index (χ0v) is 11.5. The van der Waals surface area contributed by atoms with E-state index < -0.39 is 0 Å². The number of nitrogens with zero attached hydrogens (tertiary/aromatic N) is 1. The number of fused-ring (bicyclic) bond motifs is 1. The van der Waals surface area contributed by atoms with Crippen LogP contribution >= 0.6 is 11.3 Å². The zero-order valence-electron chi connectivity index (χ0n) is 10.7. The van der Waals surface area contributed by atoms with Crippen LogP contribution in [0.3, 0.4) is 0 Å². The summed E-state index contributed by atoms with van der Waals surface area (Å²) in [7, 11) is 0. The second-order valence-electron chi connectivity index (χ2n) is 4.40. The third-order valence-corrected chi connectivity index (χ3v) is 3.27. The molecule has 1 aromatic carbocycles. The molecule has 96 valence electrons. The van der Waals surface area contributed by atoms with Gasteiger partial charge in [-0.3, -0.25) is 10.1 Å². The van der Waals surface area contributed by atoms with Gasteiger partial charge in [-0.2, -0.15) is 0 Å². The van der Waals surface area contributed by atoms with E-state index in [-0.39, 0.29) is 18.6 Å². The average molecular weight is 264 g/mol. The van der Waals surface area contributed by atoms with Crippen LogP contribution in [0.2, 0.25) is 0 Å². The van der Waals surface area contributed by atoms with Crippen molar-refractivity contribution in [1.82, 2.24) is 4.98 Å². The SMILES string of the molecule is Cc1ccc2nc(NC(=O)COC(C)C)sc2c1. The Kier molecular flexibility index (Phi) is 3.93. The van der Waals surface area contributed by atoms with Gasteiger partial charge < -0.3 is 4.74 Å². The fourth-order valence-electron chi connectivity index (χ4n) is 1.48. The second-order valence-corrected chi connectivity index (χ2v) is 5.43. The topological polar surface area (TPSA) is 51.2 Å². The van der Waals surface area contributed by atoms with E-state index in [1.54, 1.807) is 0 Å². The molecule has 0 radical (unpaired) electrons. The van der Waals surface area contributed by atoms with Crippen molar-refractivity contribution in [2.75, 3.05) is 11.9 Å². The van der Waals surface area contributed by atoms with E-state index in [1.165, 1.54) is 16.9 Å². The van der Waals surface area contributed by atoms with Crippen LogP contribution in [0.15, 0.2) is 18.2 Å². The monoisotopic (exact) mass is 264 g/mol. The summed E-state index contributed by atoms with van der Waals surface area (Å²) in [6, 6.07) is 6.03. The van der Waals surface area contributed by atoms with Gasteiger partial charge in [0.05, 0.1) is 16.3 Å². The molecule has 0 fully saturated rings. The summed E-state index contributed by atoms with van der Waals surface area (Å²) in [6.07, 6.45) is 0.0498. The fraction of sp³-hybridized carbons (Fsp3) is 0.385. The van der Waals surface area contributed by atoms with Crippen LogP contribution < -0.4 is 5.32 Å². The van der Waals surface area contributed by atoms with Gasteiger partial charge in [-0.1, -0.05) is 17.4 Å². The summed E-state index contributed by atoms with van der Waals surface area (Å²) in [4.78, 5) is 15.9. The lowest BCUT2D eigenvalue weighted by Gasteiger charge is -2.06. The van der Waals surface area contributed by atoms with E-state index >= 15 is 0 Å². The van der Waals surface area contributed by atoms with Gasteiger partial charge in [0, 0.05) is 0 Å². The Hall–Kier alpha value is -1.46. The molecule has 1 heterocycles. The highest BCUT2D eigenvalue weighted by atomic mass is 32.1. The van der Waals surface area contributed by atoms with Crippen molar-refractivity contribution in [2.24, 2.45) is 0 Å². The van der Waals surface area contributed by atoms with Crippen LogP contribution in [0.25, 0.3) is 10.2 Å². The van der Waals surface area contributed by atoms with E-state index in [0.717, 1.165) is 10.2 Å². The number of ether oxygens (including phenoxy) is 1. The summed E-state index contributed by atoms with van der Waals surface area (Å²) in [6.45, 7) is 5.89. The number of benzene rings is 1. The molecule has 1 aromatic heterocycles. The number of aryl methyl sites for hydroxylation is 1. The molecule has 0 aliphatic carbocycles. The largest absolute Gasteiger partial charge is 0.369 e. The molecule has 1 N–H and O–H groups in total. The van der Waals surface area contributed by atoms with Gasteiger partial charge in [0.2, 0.25) is 0 Å². The maximum Gasteiger partial charge on any atom is 0.252 e. The Morgan fingerprint density at radius 3 is 3.00 bits per heavy atom. The summed E-state index contributed by atoms with van der Waals surface area (Å²) < 4.78 is 6.31. The van der Waals surface area contributed by atoms with Crippen molar-refractivity contribution in [3.05, 3.63) is 23.8 Å². The first-order valence-electron chi connectivity index (χ1n) is 5.83. The number of nitrogens with one attached hydrogen (secondary N) is 1. The van der Waals surface area contributed by atoms with Gasteiger partial charge in [0.25, 0.3) is 5.91 Å². The maximum absolute atomic E-state index is 11.6. The van der Waals surface area contributed by atoms with Crippen LogP contribution in [0.1, 0.15) is 19.4 Å². The lowest BCUT2D eigenvalue weighted by molar-refractivity contribution is -0.121. The van der Waals surface area contributed by atoms with E-state index in [0.29, 0.717) is 5.13 Å². The Bertz CT molecular complexity index is 563. The molecule has 0 aliphatic heterocycles. The predicted octanol–water partition coefficient (Wildman–Crippen LogP) is 2.97. The lowest BCUT2D eigenvalue weighted by Crippen LogP contribution is -2.20. The average Bonchev–Trinajstić information content (AvgIpc) is 2.67. The molecule has 0 unspecified atom stereocenters. The Morgan fingerprint density at radius 2 is 2.28 bits per heavy atom. The van der Waals surface area contributed by atoms with Crippen LogP contribution in [-0.2, 0) is 9.53 Å². The van der Waals surface area contributed by atoms with Crippen LogP contribution in [-0.4, -0.2) is 23.6 Å². The number of carbonyl (C=O) groups excluding carboxylic acids is 1. The third kappa shape index (κ3) is 3.27. The Balaban J connectivity index is 2.05. The van der Waals surface area contributed by atoms with Crippen LogP contribution in [0.4, 0.5) is 5.13 Å². The normalized spacial score (nSPS) is 11.1. The first-order valence-corrected chi connectivity index (χ1v) is 6.65. The van der Waals surface area contributed by atoms with Crippen LogP contribution in [0.5, 0.6) is 0 Å². The van der Waals surface area contributed by atoms with Gasteiger partial charge in [0.15, 0.2) is 5.13 Å². The maximum atomic E-state index is 11.6. The summed E-state index contributed by atoms with van der Waals surface area (Å²) in [5.41, 5.74) is 2.10. The second kappa shape index (κ2) is 5.46. The zero-order chi connectivity index (χ0) is 13.1. The highest BCUT2D eigenvalue weighted by molar-refractivity contribution is 7.22. The molecular formula is C13H16N2O2S. The smallest absolute Gasteiger partial charge is 0.252 e. The molecule has 0 aliphatic rings. The third-order valence-electron chi connectivity index (χ3n) is 2.34. The van der Waals surface area contributed by atoms with Gasteiger partial charge >= 0.3 is 0 Å². The fourth-order valence-corrected chi connectivity index (χ4v) is 2.46. The number of hydrogen-bond donors (Lipinski definition) is 1. The van der Waals surface area contributed by atoms with Crippen molar-refractivity contribution in [3.63, 3.8) is 0 Å². The van der Waals surface area contributed by atoms with E-state index in [4.69, 9.17) is 4.74 Å². The molecule has 2 aromatic rings. The Morgan fingerprint density at radius 1 is 1.50 bits per heavy atom. The number of anilines is 1. The quantitative estimate of drug-likeness (QED) is 0.923. The molecule has 5 heteroatoms. The van der Waals surface area contributed by atoms with Crippen molar-refractivity contribution >= 4 is 32.6 Å². The first-order chi connectivity index (χ1) is 8.54. The number of carbonyl (C=O) groups is 1. The Labute approximate surface area is 110 Å². The first kappa shape index (κ1) is 13.0. The lowest BCUT2D eigenvalue weighted by atomic mass is 10.2. The number of thiazole rings is 1. The standard InChI is InChI=1S/C13H16N2O2S/c1-8(2)17-7-12(16)15-13-14-10-5-4-9(3)6-11(10)18-13/h4-6,8H,7H2,1-3H3,(H,14,15,16). The van der Waals surface area contributed by atoms with Crippen molar-refractivity contribution < 1.29 is 9.53 Å². The highest BCUT2D eigenvalue weighted by Crippen LogP contribution is 2.26. The number of aromatic nitrogens is 1. The number of rotatable bonds is 4. The van der Waals surface area contributed by atoms with Crippen molar-refractivity contribution in [3.8, 4) is 0 Å². The van der Waals surface area contributed by atoms with Crippen LogP contribution in [0, 0.1) is 6.92 Å². The molecule has 0 bridgehead atoms. The summed E-state index contributed by atoms with van der Waals surface area (Å²) in [5, 5.41) is 3.37. The predicted molar refractivity (Wildman–Crippen MR) is 74.1 cm³/mol. The van der Waals surface area contributed by atoms with Crippen molar-refractivity contribution in [2.45, 2.75) is 26.9 Å². The number of amides is 1. The van der Waals surface area contributed by atoms with Gasteiger partial charge in [-0.15, -0.1) is 0 Å².